The highest BCUT2D eigenvalue weighted by molar-refractivity contribution is 5.76. The summed E-state index contributed by atoms with van der Waals surface area (Å²) < 4.78 is 17.2. The average molecular weight is 459 g/mol. The normalized spacial score (nSPS) is 18.9. The highest BCUT2D eigenvalue weighted by Gasteiger charge is 2.29. The summed E-state index contributed by atoms with van der Waals surface area (Å²) in [5.41, 5.74) is 5.29. The molecule has 0 spiro atoms. The number of hydrogen-bond donors (Lipinski definition) is 1. The first-order valence-corrected chi connectivity index (χ1v) is 11.9. The quantitative estimate of drug-likeness (QED) is 0.461. The maximum Gasteiger partial charge on any atom is 0.328 e. The summed E-state index contributed by atoms with van der Waals surface area (Å²) in [7, 11) is 3.64. The van der Waals surface area contributed by atoms with Crippen LogP contribution in [0.5, 0.6) is 0 Å². The second kappa shape index (κ2) is 9.47. The van der Waals surface area contributed by atoms with Gasteiger partial charge in [-0.1, -0.05) is 42.5 Å². The summed E-state index contributed by atoms with van der Waals surface area (Å²) in [6.07, 6.45) is 1.95. The molecule has 0 radical (unpaired) electrons. The number of fused-ring (bicyclic) bond motifs is 1. The molecule has 34 heavy (non-hydrogen) atoms. The van der Waals surface area contributed by atoms with Gasteiger partial charge in [0.15, 0.2) is 0 Å². The van der Waals surface area contributed by atoms with Gasteiger partial charge in [0.05, 0.1) is 11.0 Å². The Morgan fingerprint density at radius 1 is 0.912 bits per heavy atom. The van der Waals surface area contributed by atoms with Gasteiger partial charge in [-0.25, -0.2) is 9.18 Å². The van der Waals surface area contributed by atoms with Crippen LogP contribution in [0.25, 0.3) is 11.0 Å². The molecule has 2 atom stereocenters. The van der Waals surface area contributed by atoms with Crippen molar-refractivity contribution in [2.45, 2.75) is 25.4 Å². The van der Waals surface area contributed by atoms with Crippen LogP contribution in [-0.2, 0) is 27.1 Å². The Balaban J connectivity index is 1.35. The Hall–Kier alpha value is -3.38. The highest BCUT2D eigenvalue weighted by atomic mass is 19.1. The van der Waals surface area contributed by atoms with Gasteiger partial charge in [0.2, 0.25) is 0 Å². The Kier molecular flexibility index (Phi) is 6.24. The minimum atomic E-state index is -0.215. The Morgan fingerprint density at radius 2 is 1.71 bits per heavy atom. The van der Waals surface area contributed by atoms with E-state index in [-0.39, 0.29) is 17.5 Å². The van der Waals surface area contributed by atoms with E-state index in [0.29, 0.717) is 5.92 Å². The van der Waals surface area contributed by atoms with Crippen molar-refractivity contribution in [3.05, 3.63) is 100 Å². The van der Waals surface area contributed by atoms with E-state index in [2.05, 4.69) is 46.6 Å². The standard InChI is InChI=1S/C28H31FN4O/c1-31-26-12-11-21(16-27(26)32(2)28(31)34)18-33-14-13-25(30-24-10-6-9-23(29)17-24)22(19-33)15-20-7-4-3-5-8-20/h3-12,16-17,22,25,30H,13-15,18-19H2,1-2H3/t22-,25+/m0/s1. The SMILES string of the molecule is Cn1c(=O)n(C)c2cc(CN3CC[C@@H](Nc4cccc(F)c4)[C@@H](Cc4ccccc4)C3)ccc21. The number of halogens is 1. The molecule has 0 saturated carbocycles. The topological polar surface area (TPSA) is 42.2 Å². The third-order valence-electron chi connectivity index (χ3n) is 7.08. The fourth-order valence-corrected chi connectivity index (χ4v) is 5.27. The first-order valence-electron chi connectivity index (χ1n) is 11.9. The van der Waals surface area contributed by atoms with Crippen LogP contribution in [0.2, 0.25) is 0 Å². The smallest absolute Gasteiger partial charge is 0.328 e. The number of anilines is 1. The van der Waals surface area contributed by atoms with Crippen LogP contribution in [0.3, 0.4) is 0 Å². The molecule has 0 aliphatic carbocycles. The number of imidazole rings is 1. The number of rotatable bonds is 6. The van der Waals surface area contributed by atoms with Gasteiger partial charge >= 0.3 is 5.69 Å². The summed E-state index contributed by atoms with van der Waals surface area (Å²) >= 11 is 0. The minimum Gasteiger partial charge on any atom is -0.382 e. The summed E-state index contributed by atoms with van der Waals surface area (Å²) in [4.78, 5) is 14.8. The molecule has 5 nitrogen and oxygen atoms in total. The van der Waals surface area contributed by atoms with Crippen LogP contribution in [0, 0.1) is 11.7 Å². The average Bonchev–Trinajstić information content (AvgIpc) is 3.05. The zero-order chi connectivity index (χ0) is 23.7. The largest absolute Gasteiger partial charge is 0.382 e. The summed E-state index contributed by atoms with van der Waals surface area (Å²) in [5.74, 6) is 0.178. The zero-order valence-electron chi connectivity index (χ0n) is 19.7. The zero-order valence-corrected chi connectivity index (χ0v) is 19.7. The van der Waals surface area contributed by atoms with Crippen LogP contribution in [0.4, 0.5) is 10.1 Å². The third kappa shape index (κ3) is 4.64. The van der Waals surface area contributed by atoms with Crippen LogP contribution in [0.1, 0.15) is 17.5 Å². The second-order valence-corrected chi connectivity index (χ2v) is 9.46. The number of nitrogens with one attached hydrogen (secondary N) is 1. The van der Waals surface area contributed by atoms with E-state index in [9.17, 15) is 9.18 Å². The summed E-state index contributed by atoms with van der Waals surface area (Å²) in [6, 6.07) is 23.9. The van der Waals surface area contributed by atoms with Gasteiger partial charge in [0, 0.05) is 45.5 Å². The first-order chi connectivity index (χ1) is 16.5. The molecule has 1 aromatic heterocycles. The van der Waals surface area contributed by atoms with Gasteiger partial charge < -0.3 is 5.32 Å². The maximum atomic E-state index is 13.8. The van der Waals surface area contributed by atoms with Crippen molar-refractivity contribution in [2.75, 3.05) is 18.4 Å². The van der Waals surface area contributed by atoms with Gasteiger partial charge in [0.25, 0.3) is 0 Å². The molecule has 1 saturated heterocycles. The number of likely N-dealkylation sites (tertiary alicyclic amines) is 1. The maximum absolute atomic E-state index is 13.8. The van der Waals surface area contributed by atoms with Crippen LogP contribution in [-0.4, -0.2) is 33.2 Å². The van der Waals surface area contributed by atoms with Crippen LogP contribution >= 0.6 is 0 Å². The van der Waals surface area contributed by atoms with Crippen molar-refractivity contribution in [1.29, 1.82) is 0 Å². The number of aromatic nitrogens is 2. The molecular formula is C28H31FN4O. The van der Waals surface area contributed by atoms with E-state index in [1.54, 1.807) is 21.3 Å². The van der Waals surface area contributed by atoms with Gasteiger partial charge in [-0.3, -0.25) is 14.0 Å². The number of hydrogen-bond acceptors (Lipinski definition) is 3. The van der Waals surface area contributed by atoms with E-state index < -0.39 is 0 Å². The van der Waals surface area contributed by atoms with Crippen molar-refractivity contribution in [2.24, 2.45) is 20.0 Å². The molecule has 0 unspecified atom stereocenters. The van der Waals surface area contributed by atoms with Gasteiger partial charge in [-0.05, 0) is 60.2 Å². The first kappa shape index (κ1) is 22.4. The lowest BCUT2D eigenvalue weighted by Crippen LogP contribution is -2.46. The van der Waals surface area contributed by atoms with Crippen molar-refractivity contribution >= 4 is 16.7 Å². The fraction of sp³-hybridized carbons (Fsp3) is 0.321. The molecule has 0 bridgehead atoms. The predicted octanol–water partition coefficient (Wildman–Crippen LogP) is 4.56. The number of nitrogens with zero attached hydrogens (tertiary/aromatic N) is 3. The fourth-order valence-electron chi connectivity index (χ4n) is 5.27. The van der Waals surface area contributed by atoms with Crippen molar-refractivity contribution in [3.63, 3.8) is 0 Å². The van der Waals surface area contributed by atoms with Gasteiger partial charge in [-0.15, -0.1) is 0 Å². The molecule has 2 heterocycles. The molecular weight excluding hydrogens is 427 g/mol. The lowest BCUT2D eigenvalue weighted by molar-refractivity contribution is 0.155. The molecule has 4 aromatic rings. The molecule has 1 N–H and O–H groups in total. The highest BCUT2D eigenvalue weighted by Crippen LogP contribution is 2.27. The Bertz CT molecular complexity index is 1340. The molecule has 176 valence electrons. The number of piperidine rings is 1. The molecule has 0 amide bonds. The molecule has 1 aliphatic rings. The predicted molar refractivity (Wildman–Crippen MR) is 136 cm³/mol. The molecule has 1 aliphatic heterocycles. The Labute approximate surface area is 199 Å². The van der Waals surface area contributed by atoms with E-state index in [1.807, 2.05) is 32.3 Å². The lowest BCUT2D eigenvalue weighted by Gasteiger charge is -2.39. The number of aryl methyl sites for hydroxylation is 2. The molecule has 3 aromatic carbocycles. The van der Waals surface area contributed by atoms with Crippen molar-refractivity contribution in [3.8, 4) is 0 Å². The van der Waals surface area contributed by atoms with E-state index in [4.69, 9.17) is 0 Å². The lowest BCUT2D eigenvalue weighted by atomic mass is 9.86. The summed E-state index contributed by atoms with van der Waals surface area (Å²) in [5, 5.41) is 3.61. The minimum absolute atomic E-state index is 0.000637. The van der Waals surface area contributed by atoms with Crippen molar-refractivity contribution < 1.29 is 4.39 Å². The van der Waals surface area contributed by atoms with Crippen LogP contribution < -0.4 is 11.0 Å². The molecule has 1 fully saturated rings. The summed E-state index contributed by atoms with van der Waals surface area (Å²) in [6.45, 7) is 2.76. The second-order valence-electron chi connectivity index (χ2n) is 9.46. The monoisotopic (exact) mass is 458 g/mol. The Morgan fingerprint density at radius 3 is 2.50 bits per heavy atom. The van der Waals surface area contributed by atoms with Gasteiger partial charge in [0.1, 0.15) is 5.82 Å². The van der Waals surface area contributed by atoms with E-state index in [0.717, 1.165) is 49.2 Å². The van der Waals surface area contributed by atoms with E-state index in [1.165, 1.54) is 17.2 Å². The van der Waals surface area contributed by atoms with Crippen molar-refractivity contribution in [1.82, 2.24) is 14.0 Å². The van der Waals surface area contributed by atoms with E-state index >= 15 is 0 Å². The third-order valence-corrected chi connectivity index (χ3v) is 7.08. The number of benzene rings is 3. The van der Waals surface area contributed by atoms with Gasteiger partial charge in [-0.2, -0.15) is 0 Å². The van der Waals surface area contributed by atoms with Crippen LogP contribution in [0.15, 0.2) is 77.6 Å². The molecule has 6 heteroatoms. The molecule has 5 rings (SSSR count).